The van der Waals surface area contributed by atoms with Gasteiger partial charge in [-0.25, -0.2) is 12.8 Å². The standard InChI is InChI=1S/C32H30Cl2FN3O4S/c1-2-36-32(40)30(19-23-9-5-3-6-10-23)37(21-24-13-15-25(33)16-14-24)31(39)22-38(26-17-18-29(35)28(34)20-26)43(41,42)27-11-7-4-8-12-27/h3-18,20,30H,2,19,21-22H2,1H3,(H,36,40)/t30-/m0/s1. The van der Waals surface area contributed by atoms with E-state index in [1.54, 1.807) is 49.4 Å². The lowest BCUT2D eigenvalue weighted by atomic mass is 10.0. The lowest BCUT2D eigenvalue weighted by molar-refractivity contribution is -0.140. The smallest absolute Gasteiger partial charge is 0.264 e. The molecule has 43 heavy (non-hydrogen) atoms. The molecular formula is C32H30Cl2FN3O4S. The molecule has 0 aromatic heterocycles. The summed E-state index contributed by atoms with van der Waals surface area (Å²) in [5, 5.41) is 3.00. The first kappa shape index (κ1) is 32.0. The minimum Gasteiger partial charge on any atom is -0.355 e. The Morgan fingerprint density at radius 1 is 0.860 bits per heavy atom. The number of benzene rings is 4. The SMILES string of the molecule is CCNC(=O)[C@H](Cc1ccccc1)N(Cc1ccc(Cl)cc1)C(=O)CN(c1ccc(F)c(Cl)c1)S(=O)(=O)c1ccccc1. The second kappa shape index (κ2) is 14.5. The van der Waals surface area contributed by atoms with Gasteiger partial charge in [0.15, 0.2) is 0 Å². The second-order valence-corrected chi connectivity index (χ2v) is 12.4. The van der Waals surface area contributed by atoms with Crippen molar-refractivity contribution in [3.63, 3.8) is 0 Å². The average Bonchev–Trinajstić information content (AvgIpc) is 3.01. The second-order valence-electron chi connectivity index (χ2n) is 9.67. The number of carbonyl (C=O) groups excluding carboxylic acids is 2. The Kier molecular flexibility index (Phi) is 10.8. The first-order chi connectivity index (χ1) is 20.6. The first-order valence-corrected chi connectivity index (χ1v) is 15.7. The Balaban J connectivity index is 1.80. The van der Waals surface area contributed by atoms with E-state index in [4.69, 9.17) is 23.2 Å². The van der Waals surface area contributed by atoms with Crippen LogP contribution in [0.5, 0.6) is 0 Å². The summed E-state index contributed by atoms with van der Waals surface area (Å²) in [6, 6.07) is 26.1. The molecule has 0 saturated heterocycles. The molecule has 1 N–H and O–H groups in total. The van der Waals surface area contributed by atoms with Crippen molar-refractivity contribution in [1.82, 2.24) is 10.2 Å². The highest BCUT2D eigenvalue weighted by Crippen LogP contribution is 2.28. The zero-order valence-corrected chi connectivity index (χ0v) is 25.6. The Morgan fingerprint density at radius 2 is 1.49 bits per heavy atom. The van der Waals surface area contributed by atoms with Crippen LogP contribution in [0.15, 0.2) is 108 Å². The quantitative estimate of drug-likeness (QED) is 0.202. The van der Waals surface area contributed by atoms with Gasteiger partial charge in [0.05, 0.1) is 15.6 Å². The molecule has 0 saturated carbocycles. The van der Waals surface area contributed by atoms with E-state index in [2.05, 4.69) is 5.32 Å². The van der Waals surface area contributed by atoms with Gasteiger partial charge in [-0.2, -0.15) is 0 Å². The van der Waals surface area contributed by atoms with E-state index >= 15 is 0 Å². The molecule has 4 aromatic rings. The summed E-state index contributed by atoms with van der Waals surface area (Å²) in [4.78, 5) is 29.0. The van der Waals surface area contributed by atoms with E-state index in [1.807, 2.05) is 30.3 Å². The molecule has 1 atom stereocenters. The third-order valence-corrected chi connectivity index (χ3v) is 9.02. The van der Waals surface area contributed by atoms with E-state index < -0.39 is 40.2 Å². The number of likely N-dealkylation sites (N-methyl/N-ethyl adjacent to an activating group) is 1. The summed E-state index contributed by atoms with van der Waals surface area (Å²) in [6.07, 6.45) is 0.180. The van der Waals surface area contributed by atoms with Crippen molar-refractivity contribution in [2.24, 2.45) is 0 Å². The third kappa shape index (κ3) is 8.13. The molecule has 0 aliphatic heterocycles. The largest absolute Gasteiger partial charge is 0.355 e. The van der Waals surface area contributed by atoms with Crippen LogP contribution in [-0.4, -0.2) is 44.3 Å². The first-order valence-electron chi connectivity index (χ1n) is 13.5. The summed E-state index contributed by atoms with van der Waals surface area (Å²) in [5.41, 5.74) is 1.49. The molecule has 0 aliphatic rings. The minimum absolute atomic E-state index is 0.00592. The van der Waals surface area contributed by atoms with Crippen molar-refractivity contribution in [3.05, 3.63) is 130 Å². The Labute approximate surface area is 260 Å². The summed E-state index contributed by atoms with van der Waals surface area (Å²) >= 11 is 12.1. The number of anilines is 1. The molecule has 0 aliphatic carbocycles. The molecule has 0 radical (unpaired) electrons. The number of amides is 2. The van der Waals surface area contributed by atoms with Gasteiger partial charge in [0.2, 0.25) is 11.8 Å². The van der Waals surface area contributed by atoms with Crippen molar-refractivity contribution in [2.75, 3.05) is 17.4 Å². The van der Waals surface area contributed by atoms with E-state index in [1.165, 1.54) is 23.1 Å². The van der Waals surface area contributed by atoms with Crippen molar-refractivity contribution < 1.29 is 22.4 Å². The van der Waals surface area contributed by atoms with Gasteiger partial charge in [-0.3, -0.25) is 13.9 Å². The topological polar surface area (TPSA) is 86.8 Å². The zero-order valence-electron chi connectivity index (χ0n) is 23.3. The number of sulfonamides is 1. The maximum Gasteiger partial charge on any atom is 0.264 e. The van der Waals surface area contributed by atoms with Crippen LogP contribution in [0.3, 0.4) is 0 Å². The van der Waals surface area contributed by atoms with E-state index in [0.29, 0.717) is 17.1 Å². The molecule has 0 fully saturated rings. The lowest BCUT2D eigenvalue weighted by Crippen LogP contribution is -2.53. The van der Waals surface area contributed by atoms with Gasteiger partial charge >= 0.3 is 0 Å². The summed E-state index contributed by atoms with van der Waals surface area (Å²) in [6.45, 7) is 1.41. The maximum absolute atomic E-state index is 14.3. The Morgan fingerprint density at radius 3 is 2.09 bits per heavy atom. The number of hydrogen-bond acceptors (Lipinski definition) is 4. The van der Waals surface area contributed by atoms with Crippen molar-refractivity contribution >= 4 is 50.7 Å². The Hall–Kier alpha value is -3.92. The number of halogens is 3. The number of hydrogen-bond donors (Lipinski definition) is 1. The molecule has 0 bridgehead atoms. The van der Waals surface area contributed by atoms with Crippen LogP contribution in [0.1, 0.15) is 18.1 Å². The molecule has 224 valence electrons. The van der Waals surface area contributed by atoms with Gasteiger partial charge in [0, 0.05) is 24.5 Å². The van der Waals surface area contributed by atoms with Crippen molar-refractivity contribution in [1.29, 1.82) is 0 Å². The maximum atomic E-state index is 14.3. The molecule has 11 heteroatoms. The van der Waals surface area contributed by atoms with Gasteiger partial charge < -0.3 is 10.2 Å². The lowest BCUT2D eigenvalue weighted by Gasteiger charge is -2.34. The molecule has 2 amide bonds. The van der Waals surface area contributed by atoms with Gasteiger partial charge in [0.25, 0.3) is 10.0 Å². The normalized spacial score (nSPS) is 11.9. The Bertz CT molecular complexity index is 1660. The molecule has 7 nitrogen and oxygen atoms in total. The molecule has 4 rings (SSSR count). The van der Waals surface area contributed by atoms with Gasteiger partial charge in [-0.1, -0.05) is 83.9 Å². The number of nitrogens with one attached hydrogen (secondary N) is 1. The number of nitrogens with zero attached hydrogens (tertiary/aromatic N) is 2. The van der Waals surface area contributed by atoms with Gasteiger partial charge in [-0.05, 0) is 60.5 Å². The van der Waals surface area contributed by atoms with Crippen LogP contribution in [0.2, 0.25) is 10.0 Å². The monoisotopic (exact) mass is 641 g/mol. The third-order valence-electron chi connectivity index (χ3n) is 6.69. The fourth-order valence-electron chi connectivity index (χ4n) is 4.52. The molecule has 0 unspecified atom stereocenters. The van der Waals surface area contributed by atoms with Crippen LogP contribution < -0.4 is 9.62 Å². The van der Waals surface area contributed by atoms with Crippen molar-refractivity contribution in [2.45, 2.75) is 30.8 Å². The molecule has 0 spiro atoms. The molecule has 0 heterocycles. The van der Waals surface area contributed by atoms with Crippen molar-refractivity contribution in [3.8, 4) is 0 Å². The predicted octanol–water partition coefficient (Wildman–Crippen LogP) is 6.10. The summed E-state index contributed by atoms with van der Waals surface area (Å²) < 4.78 is 42.8. The summed E-state index contributed by atoms with van der Waals surface area (Å²) in [5.74, 6) is -1.78. The van der Waals surface area contributed by atoms with Gasteiger partial charge in [-0.15, -0.1) is 0 Å². The highest BCUT2D eigenvalue weighted by atomic mass is 35.5. The minimum atomic E-state index is -4.32. The van der Waals surface area contributed by atoms with Crippen LogP contribution in [0.25, 0.3) is 0 Å². The fourth-order valence-corrected chi connectivity index (χ4v) is 6.25. The molecule has 4 aromatic carbocycles. The highest BCUT2D eigenvalue weighted by molar-refractivity contribution is 7.92. The fraction of sp³-hybridized carbons (Fsp3) is 0.188. The summed E-state index contributed by atoms with van der Waals surface area (Å²) in [7, 11) is -4.32. The molecular weight excluding hydrogens is 612 g/mol. The van der Waals surface area contributed by atoms with Crippen LogP contribution in [-0.2, 0) is 32.6 Å². The zero-order chi connectivity index (χ0) is 31.0. The highest BCUT2D eigenvalue weighted by Gasteiger charge is 2.34. The van der Waals surface area contributed by atoms with Crippen LogP contribution in [0.4, 0.5) is 10.1 Å². The number of rotatable bonds is 12. The predicted molar refractivity (Wildman–Crippen MR) is 167 cm³/mol. The van der Waals surface area contributed by atoms with E-state index in [9.17, 15) is 22.4 Å². The average molecular weight is 643 g/mol. The van der Waals surface area contributed by atoms with Crippen LogP contribution in [0, 0.1) is 5.82 Å². The number of carbonyl (C=O) groups is 2. The van der Waals surface area contributed by atoms with Gasteiger partial charge in [0.1, 0.15) is 18.4 Å². The van der Waals surface area contributed by atoms with Crippen LogP contribution >= 0.6 is 23.2 Å². The van der Waals surface area contributed by atoms with E-state index in [-0.39, 0.29) is 28.6 Å². The van der Waals surface area contributed by atoms with E-state index in [0.717, 1.165) is 22.0 Å².